The van der Waals surface area contributed by atoms with Crippen LogP contribution >= 0.6 is 0 Å². The fourth-order valence-corrected chi connectivity index (χ4v) is 2.67. The van der Waals surface area contributed by atoms with Gasteiger partial charge in [-0.25, -0.2) is 4.79 Å². The average Bonchev–Trinajstić information content (AvgIpc) is 3.25. The second kappa shape index (κ2) is 7.78. The number of carbonyl (C=O) groups excluding carboxylic acids is 1. The molecule has 2 heterocycles. The summed E-state index contributed by atoms with van der Waals surface area (Å²) in [6, 6.07) is 9.85. The van der Waals surface area contributed by atoms with Gasteiger partial charge in [-0.1, -0.05) is 24.3 Å². The zero-order chi connectivity index (χ0) is 15.9. The summed E-state index contributed by atoms with van der Waals surface area (Å²) in [6.45, 7) is 3.42. The predicted molar refractivity (Wildman–Crippen MR) is 86.9 cm³/mol. The third-order valence-electron chi connectivity index (χ3n) is 4.02. The number of carbonyl (C=O) groups is 1. The van der Waals surface area contributed by atoms with Crippen molar-refractivity contribution in [3.63, 3.8) is 0 Å². The fraction of sp³-hybridized carbons (Fsp3) is 0.412. The molecular formula is C17H22N4O2. The van der Waals surface area contributed by atoms with Crippen molar-refractivity contribution < 1.29 is 9.53 Å². The number of nitrogens with zero attached hydrogens (tertiary/aromatic N) is 2. The molecule has 1 atom stereocenters. The van der Waals surface area contributed by atoms with E-state index in [0.29, 0.717) is 25.6 Å². The highest BCUT2D eigenvalue weighted by Crippen LogP contribution is 2.11. The molecular weight excluding hydrogens is 292 g/mol. The quantitative estimate of drug-likeness (QED) is 0.854. The van der Waals surface area contributed by atoms with Crippen LogP contribution in [0.1, 0.15) is 17.5 Å². The topological polar surface area (TPSA) is 68.2 Å². The maximum atomic E-state index is 11.9. The van der Waals surface area contributed by atoms with Gasteiger partial charge in [0.25, 0.3) is 0 Å². The van der Waals surface area contributed by atoms with Crippen LogP contribution in [0.5, 0.6) is 0 Å². The second-order valence-corrected chi connectivity index (χ2v) is 5.77. The van der Waals surface area contributed by atoms with Crippen molar-refractivity contribution in [3.8, 4) is 0 Å². The summed E-state index contributed by atoms with van der Waals surface area (Å²) in [5, 5.41) is 10.1. The first-order valence-electron chi connectivity index (χ1n) is 7.95. The van der Waals surface area contributed by atoms with Crippen molar-refractivity contribution in [3.05, 3.63) is 53.9 Å². The Morgan fingerprint density at radius 1 is 1.26 bits per heavy atom. The van der Waals surface area contributed by atoms with Crippen molar-refractivity contribution in [2.24, 2.45) is 5.92 Å². The molecule has 23 heavy (non-hydrogen) atoms. The number of hydrogen-bond acceptors (Lipinski definition) is 3. The summed E-state index contributed by atoms with van der Waals surface area (Å²) in [6.07, 6.45) is 4.72. The van der Waals surface area contributed by atoms with Crippen molar-refractivity contribution in [2.75, 3.05) is 19.8 Å². The Morgan fingerprint density at radius 2 is 2.13 bits per heavy atom. The summed E-state index contributed by atoms with van der Waals surface area (Å²) >= 11 is 0. The predicted octanol–water partition coefficient (Wildman–Crippen LogP) is 1.77. The molecule has 3 rings (SSSR count). The van der Waals surface area contributed by atoms with Crippen molar-refractivity contribution in [2.45, 2.75) is 19.5 Å². The van der Waals surface area contributed by atoms with Gasteiger partial charge >= 0.3 is 6.03 Å². The van der Waals surface area contributed by atoms with Crippen LogP contribution in [0.3, 0.4) is 0 Å². The van der Waals surface area contributed by atoms with Crippen LogP contribution in [-0.4, -0.2) is 35.6 Å². The highest BCUT2D eigenvalue weighted by Gasteiger charge is 2.16. The first-order valence-corrected chi connectivity index (χ1v) is 7.95. The normalized spacial score (nSPS) is 17.1. The molecule has 1 aromatic carbocycles. The van der Waals surface area contributed by atoms with E-state index in [-0.39, 0.29) is 6.03 Å². The molecule has 122 valence electrons. The van der Waals surface area contributed by atoms with Crippen LogP contribution in [0, 0.1) is 5.92 Å². The number of urea groups is 1. The molecule has 0 spiro atoms. The zero-order valence-electron chi connectivity index (χ0n) is 13.1. The van der Waals surface area contributed by atoms with Gasteiger partial charge in [-0.15, -0.1) is 0 Å². The minimum absolute atomic E-state index is 0.134. The van der Waals surface area contributed by atoms with E-state index in [1.54, 1.807) is 6.20 Å². The largest absolute Gasteiger partial charge is 0.381 e. The second-order valence-electron chi connectivity index (χ2n) is 5.77. The Morgan fingerprint density at radius 3 is 2.87 bits per heavy atom. The lowest BCUT2D eigenvalue weighted by Gasteiger charge is -2.13. The smallest absolute Gasteiger partial charge is 0.315 e. The molecule has 0 aliphatic carbocycles. The summed E-state index contributed by atoms with van der Waals surface area (Å²) in [7, 11) is 0. The minimum atomic E-state index is -0.134. The minimum Gasteiger partial charge on any atom is -0.381 e. The van der Waals surface area contributed by atoms with E-state index in [0.717, 1.165) is 30.8 Å². The number of rotatable bonds is 6. The van der Waals surface area contributed by atoms with E-state index in [4.69, 9.17) is 4.74 Å². The number of ether oxygens (including phenoxy) is 1. The molecule has 0 radical (unpaired) electrons. The molecule has 1 aliphatic rings. The third kappa shape index (κ3) is 4.56. The fourth-order valence-electron chi connectivity index (χ4n) is 2.67. The molecule has 1 saturated heterocycles. The Kier molecular flexibility index (Phi) is 5.26. The first-order chi connectivity index (χ1) is 11.3. The van der Waals surface area contributed by atoms with Gasteiger partial charge in [0.15, 0.2) is 0 Å². The Balaban J connectivity index is 1.50. The highest BCUT2D eigenvalue weighted by atomic mass is 16.5. The zero-order valence-corrected chi connectivity index (χ0v) is 13.1. The third-order valence-corrected chi connectivity index (χ3v) is 4.02. The molecule has 6 nitrogen and oxygen atoms in total. The van der Waals surface area contributed by atoms with Gasteiger partial charge in [0.2, 0.25) is 0 Å². The molecule has 2 aromatic rings. The molecule has 0 saturated carbocycles. The van der Waals surface area contributed by atoms with Crippen LogP contribution in [0.2, 0.25) is 0 Å². The Hall–Kier alpha value is -2.34. The van der Waals surface area contributed by atoms with Crippen LogP contribution in [-0.2, 0) is 17.8 Å². The Bertz CT molecular complexity index is 621. The van der Waals surface area contributed by atoms with Crippen molar-refractivity contribution >= 4 is 6.03 Å². The maximum absolute atomic E-state index is 11.9. The van der Waals surface area contributed by atoms with Crippen molar-refractivity contribution in [1.82, 2.24) is 20.4 Å². The SMILES string of the molecule is O=C(NCc1ccccc1Cn1cccn1)NCC1CCOC1. The summed E-state index contributed by atoms with van der Waals surface area (Å²) in [5.41, 5.74) is 2.25. The molecule has 1 unspecified atom stereocenters. The molecule has 1 fully saturated rings. The summed E-state index contributed by atoms with van der Waals surface area (Å²) < 4.78 is 7.18. The van der Waals surface area contributed by atoms with E-state index >= 15 is 0 Å². The summed E-state index contributed by atoms with van der Waals surface area (Å²) in [5.74, 6) is 0.438. The lowest BCUT2D eigenvalue weighted by atomic mass is 10.1. The van der Waals surface area contributed by atoms with Gasteiger partial charge in [0, 0.05) is 38.0 Å². The maximum Gasteiger partial charge on any atom is 0.315 e. The molecule has 0 bridgehead atoms. The molecule has 2 amide bonds. The van der Waals surface area contributed by atoms with Gasteiger partial charge in [-0.2, -0.15) is 5.10 Å². The van der Waals surface area contributed by atoms with Gasteiger partial charge in [0.05, 0.1) is 13.2 Å². The van der Waals surface area contributed by atoms with Gasteiger partial charge in [0.1, 0.15) is 0 Å². The van der Waals surface area contributed by atoms with Gasteiger partial charge in [-0.05, 0) is 23.6 Å². The number of hydrogen-bond donors (Lipinski definition) is 2. The molecule has 6 heteroatoms. The monoisotopic (exact) mass is 314 g/mol. The number of aromatic nitrogens is 2. The van der Waals surface area contributed by atoms with E-state index in [2.05, 4.69) is 21.8 Å². The first kappa shape index (κ1) is 15.6. The standard InChI is InChI=1S/C17H22N4O2/c22-17(18-10-14-6-9-23-13-14)19-11-15-4-1-2-5-16(15)12-21-8-3-7-20-21/h1-5,7-8,14H,6,9-13H2,(H2,18,19,22). The van der Waals surface area contributed by atoms with Crippen LogP contribution < -0.4 is 10.6 Å². The van der Waals surface area contributed by atoms with Crippen LogP contribution in [0.15, 0.2) is 42.7 Å². The molecule has 1 aromatic heterocycles. The molecule has 1 aliphatic heterocycles. The van der Waals surface area contributed by atoms with E-state index in [1.807, 2.05) is 35.1 Å². The van der Waals surface area contributed by atoms with E-state index in [1.165, 1.54) is 0 Å². The number of benzene rings is 1. The number of amides is 2. The highest BCUT2D eigenvalue weighted by molar-refractivity contribution is 5.73. The van der Waals surface area contributed by atoms with Crippen molar-refractivity contribution in [1.29, 1.82) is 0 Å². The average molecular weight is 314 g/mol. The van der Waals surface area contributed by atoms with E-state index < -0.39 is 0 Å². The Labute approximate surface area is 135 Å². The van der Waals surface area contributed by atoms with Gasteiger partial charge in [-0.3, -0.25) is 4.68 Å². The molecule has 2 N–H and O–H groups in total. The lowest BCUT2D eigenvalue weighted by Crippen LogP contribution is -2.38. The van der Waals surface area contributed by atoms with Gasteiger partial charge < -0.3 is 15.4 Å². The summed E-state index contributed by atoms with van der Waals surface area (Å²) in [4.78, 5) is 11.9. The number of nitrogens with one attached hydrogen (secondary N) is 2. The van der Waals surface area contributed by atoms with Crippen LogP contribution in [0.25, 0.3) is 0 Å². The van der Waals surface area contributed by atoms with E-state index in [9.17, 15) is 4.79 Å². The van der Waals surface area contributed by atoms with Crippen LogP contribution in [0.4, 0.5) is 4.79 Å². The lowest BCUT2D eigenvalue weighted by molar-refractivity contribution is 0.185.